The van der Waals surface area contributed by atoms with Crippen molar-refractivity contribution in [1.29, 1.82) is 0 Å². The number of thiol groups is 1. The van der Waals surface area contributed by atoms with Crippen LogP contribution in [-0.2, 0) is 0 Å². The first-order chi connectivity index (χ1) is 6.25. The van der Waals surface area contributed by atoms with Crippen molar-refractivity contribution in [3.05, 3.63) is 12.2 Å². The second kappa shape index (κ2) is 5.71. The van der Waals surface area contributed by atoms with Crippen LogP contribution in [0, 0.1) is 5.92 Å². The molecule has 1 rings (SSSR count). The number of nitrogens with zero attached hydrogens (tertiary/aromatic N) is 1. The van der Waals surface area contributed by atoms with Crippen LogP contribution < -0.4 is 0 Å². The first kappa shape index (κ1) is 11.1. The van der Waals surface area contributed by atoms with Crippen LogP contribution in [0.1, 0.15) is 26.7 Å². The number of hydrogen-bond donors (Lipinski definition) is 1. The first-order valence-electron chi connectivity index (χ1n) is 5.25. The topological polar surface area (TPSA) is 3.24 Å². The van der Waals surface area contributed by atoms with E-state index in [-0.39, 0.29) is 0 Å². The zero-order valence-electron chi connectivity index (χ0n) is 8.74. The summed E-state index contributed by atoms with van der Waals surface area (Å²) in [6.45, 7) is 7.08. The normalized spacial score (nSPS) is 31.3. The molecule has 1 aliphatic rings. The molecular weight excluding hydrogens is 178 g/mol. The van der Waals surface area contributed by atoms with Crippen molar-refractivity contribution in [2.24, 2.45) is 5.92 Å². The lowest BCUT2D eigenvalue weighted by Crippen LogP contribution is -2.42. The fraction of sp³-hybridized carbons (Fsp3) is 0.818. The Morgan fingerprint density at radius 3 is 2.85 bits per heavy atom. The Bertz CT molecular complexity index is 167. The minimum Gasteiger partial charge on any atom is -0.297 e. The van der Waals surface area contributed by atoms with E-state index in [4.69, 9.17) is 0 Å². The van der Waals surface area contributed by atoms with Crippen molar-refractivity contribution < 1.29 is 0 Å². The summed E-state index contributed by atoms with van der Waals surface area (Å²) in [5.74, 6) is 1.72. The van der Waals surface area contributed by atoms with Gasteiger partial charge in [0.1, 0.15) is 0 Å². The van der Waals surface area contributed by atoms with E-state index in [1.165, 1.54) is 19.4 Å². The van der Waals surface area contributed by atoms with Gasteiger partial charge >= 0.3 is 0 Å². The van der Waals surface area contributed by atoms with Gasteiger partial charge in [0, 0.05) is 18.3 Å². The van der Waals surface area contributed by atoms with Gasteiger partial charge in [0.2, 0.25) is 0 Å². The van der Waals surface area contributed by atoms with E-state index in [0.29, 0.717) is 0 Å². The second-order valence-corrected chi connectivity index (χ2v) is 4.37. The molecule has 0 amide bonds. The van der Waals surface area contributed by atoms with Crippen molar-refractivity contribution in [2.75, 3.05) is 18.8 Å². The Morgan fingerprint density at radius 2 is 2.15 bits per heavy atom. The van der Waals surface area contributed by atoms with Crippen molar-refractivity contribution in [2.45, 2.75) is 32.7 Å². The van der Waals surface area contributed by atoms with Gasteiger partial charge in [0.25, 0.3) is 0 Å². The average molecular weight is 199 g/mol. The monoisotopic (exact) mass is 199 g/mol. The maximum atomic E-state index is 4.15. The molecule has 2 atom stereocenters. The highest BCUT2D eigenvalue weighted by molar-refractivity contribution is 7.80. The Morgan fingerprint density at radius 1 is 1.38 bits per heavy atom. The molecule has 2 heteroatoms. The zero-order valence-corrected chi connectivity index (χ0v) is 9.63. The highest BCUT2D eigenvalue weighted by Crippen LogP contribution is 2.22. The molecule has 0 spiro atoms. The van der Waals surface area contributed by atoms with Gasteiger partial charge in [-0.25, -0.2) is 0 Å². The molecule has 1 saturated heterocycles. The number of rotatable bonds is 3. The summed E-state index contributed by atoms with van der Waals surface area (Å²) in [7, 11) is 0. The van der Waals surface area contributed by atoms with Crippen molar-refractivity contribution in [1.82, 2.24) is 4.90 Å². The minimum absolute atomic E-state index is 0.748. The third kappa shape index (κ3) is 3.35. The molecule has 1 heterocycles. The molecule has 0 N–H and O–H groups in total. The predicted molar refractivity (Wildman–Crippen MR) is 62.4 cm³/mol. The molecule has 0 bridgehead atoms. The van der Waals surface area contributed by atoms with Crippen LogP contribution in [0.15, 0.2) is 12.2 Å². The largest absolute Gasteiger partial charge is 0.297 e. The molecule has 76 valence electrons. The maximum absolute atomic E-state index is 4.15. The summed E-state index contributed by atoms with van der Waals surface area (Å²) in [6, 6.07) is 0.748. The lowest BCUT2D eigenvalue weighted by Gasteiger charge is -2.37. The number of piperidine rings is 1. The molecule has 1 aliphatic heterocycles. The molecule has 0 saturated carbocycles. The summed E-state index contributed by atoms with van der Waals surface area (Å²) in [6.07, 6.45) is 7.13. The lowest BCUT2D eigenvalue weighted by molar-refractivity contribution is 0.128. The van der Waals surface area contributed by atoms with Gasteiger partial charge in [-0.15, -0.1) is 0 Å². The zero-order chi connectivity index (χ0) is 9.68. The minimum atomic E-state index is 0.748. The van der Waals surface area contributed by atoms with Crippen molar-refractivity contribution in [3.8, 4) is 0 Å². The average Bonchev–Trinajstić information content (AvgIpc) is 2.13. The molecule has 2 unspecified atom stereocenters. The molecule has 13 heavy (non-hydrogen) atoms. The fourth-order valence-corrected chi connectivity index (χ4v) is 2.11. The SMILES string of the molecule is CC1CCCN(C/C=C/CS)C1C. The third-order valence-electron chi connectivity index (χ3n) is 3.12. The standard InChI is InChI=1S/C11H21NS/c1-10-6-5-8-12(11(10)2)7-3-4-9-13/h3-4,10-11,13H,5-9H2,1-2H3/b4-3+. The summed E-state index contributed by atoms with van der Waals surface area (Å²) >= 11 is 4.15. The van der Waals surface area contributed by atoms with Gasteiger partial charge in [-0.05, 0) is 32.2 Å². The van der Waals surface area contributed by atoms with Crippen LogP contribution in [0.5, 0.6) is 0 Å². The molecular formula is C11H21NS. The fourth-order valence-electron chi connectivity index (χ4n) is 1.96. The Hall–Kier alpha value is 0.0500. The van der Waals surface area contributed by atoms with Crippen LogP contribution in [0.4, 0.5) is 0 Å². The van der Waals surface area contributed by atoms with E-state index in [2.05, 4.69) is 43.5 Å². The van der Waals surface area contributed by atoms with E-state index in [1.54, 1.807) is 0 Å². The smallest absolute Gasteiger partial charge is 0.0166 e. The van der Waals surface area contributed by atoms with Crippen molar-refractivity contribution in [3.63, 3.8) is 0 Å². The van der Waals surface area contributed by atoms with Gasteiger partial charge in [0.15, 0.2) is 0 Å². The quantitative estimate of drug-likeness (QED) is 0.540. The van der Waals surface area contributed by atoms with Crippen LogP contribution in [0.2, 0.25) is 0 Å². The van der Waals surface area contributed by atoms with E-state index in [0.717, 1.165) is 24.3 Å². The molecule has 0 aromatic rings. The number of likely N-dealkylation sites (tertiary alicyclic amines) is 1. The van der Waals surface area contributed by atoms with E-state index in [9.17, 15) is 0 Å². The Balaban J connectivity index is 2.35. The Kier molecular flexibility index (Phi) is 4.89. The summed E-state index contributed by atoms with van der Waals surface area (Å²) < 4.78 is 0. The van der Waals surface area contributed by atoms with Crippen LogP contribution in [0.3, 0.4) is 0 Å². The van der Waals surface area contributed by atoms with Gasteiger partial charge < -0.3 is 0 Å². The van der Waals surface area contributed by atoms with E-state index < -0.39 is 0 Å². The molecule has 0 aliphatic carbocycles. The summed E-state index contributed by atoms with van der Waals surface area (Å²) in [5, 5.41) is 0. The summed E-state index contributed by atoms with van der Waals surface area (Å²) in [5.41, 5.74) is 0. The van der Waals surface area contributed by atoms with Gasteiger partial charge in [-0.2, -0.15) is 12.6 Å². The molecule has 1 fully saturated rings. The molecule has 0 aromatic carbocycles. The van der Waals surface area contributed by atoms with Crippen molar-refractivity contribution >= 4 is 12.6 Å². The summed E-state index contributed by atoms with van der Waals surface area (Å²) in [4.78, 5) is 2.56. The van der Waals surface area contributed by atoms with Gasteiger partial charge in [-0.3, -0.25) is 4.90 Å². The first-order valence-corrected chi connectivity index (χ1v) is 5.89. The highest BCUT2D eigenvalue weighted by atomic mass is 32.1. The lowest BCUT2D eigenvalue weighted by atomic mass is 9.92. The van der Waals surface area contributed by atoms with E-state index in [1.807, 2.05) is 0 Å². The number of hydrogen-bond acceptors (Lipinski definition) is 2. The Labute approximate surface area is 87.6 Å². The maximum Gasteiger partial charge on any atom is 0.0166 e. The molecule has 1 nitrogen and oxygen atoms in total. The van der Waals surface area contributed by atoms with Crippen LogP contribution in [-0.4, -0.2) is 29.8 Å². The predicted octanol–water partition coefficient (Wildman–Crippen LogP) is 2.59. The van der Waals surface area contributed by atoms with Gasteiger partial charge in [-0.1, -0.05) is 19.1 Å². The van der Waals surface area contributed by atoms with Gasteiger partial charge in [0.05, 0.1) is 0 Å². The molecule has 0 aromatic heterocycles. The van der Waals surface area contributed by atoms with Crippen LogP contribution >= 0.6 is 12.6 Å². The molecule has 0 radical (unpaired) electrons. The third-order valence-corrected chi connectivity index (χ3v) is 3.33. The highest BCUT2D eigenvalue weighted by Gasteiger charge is 2.23. The van der Waals surface area contributed by atoms with E-state index >= 15 is 0 Å². The second-order valence-electron chi connectivity index (χ2n) is 4.01. The van der Waals surface area contributed by atoms with Crippen LogP contribution in [0.25, 0.3) is 0 Å².